The van der Waals surface area contributed by atoms with Crippen molar-refractivity contribution in [1.29, 1.82) is 0 Å². The molecule has 1 aromatic carbocycles. The lowest BCUT2D eigenvalue weighted by Crippen LogP contribution is -2.37. The van der Waals surface area contributed by atoms with E-state index in [0.29, 0.717) is 18.4 Å². The number of guanidine groups is 1. The molecule has 1 heterocycles. The molecule has 0 amide bonds. The molecule has 0 saturated heterocycles. The zero-order valence-electron chi connectivity index (χ0n) is 16.7. The van der Waals surface area contributed by atoms with Gasteiger partial charge in [0.05, 0.1) is 5.69 Å². The summed E-state index contributed by atoms with van der Waals surface area (Å²) in [4.78, 5) is 8.92. The Balaban J connectivity index is 1.79. The van der Waals surface area contributed by atoms with Crippen LogP contribution in [0.1, 0.15) is 61.6 Å². The number of oxazole rings is 1. The van der Waals surface area contributed by atoms with Crippen LogP contribution >= 0.6 is 0 Å². The first-order chi connectivity index (χ1) is 12.5. The molecule has 2 aromatic rings. The molecule has 0 aliphatic carbocycles. The van der Waals surface area contributed by atoms with Crippen LogP contribution < -0.4 is 10.6 Å². The summed E-state index contributed by atoms with van der Waals surface area (Å²) in [6.45, 7) is 12.5. The molecule has 2 N–H and O–H groups in total. The Morgan fingerprint density at radius 1 is 1.15 bits per heavy atom. The summed E-state index contributed by atoms with van der Waals surface area (Å²) >= 11 is 0. The van der Waals surface area contributed by atoms with E-state index in [4.69, 9.17) is 4.42 Å². The maximum absolute atomic E-state index is 5.58. The highest BCUT2D eigenvalue weighted by Crippen LogP contribution is 2.15. The van der Waals surface area contributed by atoms with Crippen LogP contribution in [0.5, 0.6) is 0 Å². The summed E-state index contributed by atoms with van der Waals surface area (Å²) in [5.41, 5.74) is 3.70. The minimum absolute atomic E-state index is 0.445. The smallest absolute Gasteiger partial charge is 0.216 e. The molecule has 0 aliphatic rings. The SMILES string of the molecule is CCNC(=NCc1nc(C)c(C)o1)NCCCc1ccc(C(C)C)cc1. The average molecular weight is 357 g/mol. The van der Waals surface area contributed by atoms with Crippen molar-refractivity contribution in [2.24, 2.45) is 4.99 Å². The molecule has 2 rings (SSSR count). The minimum Gasteiger partial charge on any atom is -0.444 e. The standard InChI is InChI=1S/C21H32N4O/c1-6-22-21(24-14-20-25-16(4)17(5)26-20)23-13-7-8-18-9-11-19(12-10-18)15(2)3/h9-12,15H,6-8,13-14H2,1-5H3,(H2,22,23,24). The zero-order valence-corrected chi connectivity index (χ0v) is 16.7. The lowest BCUT2D eigenvalue weighted by Gasteiger charge is -2.11. The van der Waals surface area contributed by atoms with Gasteiger partial charge in [-0.1, -0.05) is 38.1 Å². The van der Waals surface area contributed by atoms with Crippen molar-refractivity contribution in [3.05, 3.63) is 52.7 Å². The fraction of sp³-hybridized carbons (Fsp3) is 0.524. The van der Waals surface area contributed by atoms with Gasteiger partial charge in [0.15, 0.2) is 5.96 Å². The molecular weight excluding hydrogens is 324 g/mol. The van der Waals surface area contributed by atoms with E-state index in [1.54, 1.807) is 0 Å². The molecule has 26 heavy (non-hydrogen) atoms. The van der Waals surface area contributed by atoms with Gasteiger partial charge < -0.3 is 15.1 Å². The lowest BCUT2D eigenvalue weighted by atomic mass is 10.0. The number of hydrogen-bond acceptors (Lipinski definition) is 3. The third kappa shape index (κ3) is 6.21. The lowest BCUT2D eigenvalue weighted by molar-refractivity contribution is 0.473. The van der Waals surface area contributed by atoms with Crippen molar-refractivity contribution in [3.8, 4) is 0 Å². The van der Waals surface area contributed by atoms with Crippen molar-refractivity contribution in [2.45, 2.75) is 59.9 Å². The van der Waals surface area contributed by atoms with E-state index in [1.165, 1.54) is 11.1 Å². The normalized spacial score (nSPS) is 11.8. The number of nitrogens with one attached hydrogen (secondary N) is 2. The van der Waals surface area contributed by atoms with E-state index in [-0.39, 0.29) is 0 Å². The van der Waals surface area contributed by atoms with E-state index in [2.05, 4.69) is 65.6 Å². The minimum atomic E-state index is 0.445. The average Bonchev–Trinajstić information content (AvgIpc) is 2.94. The third-order valence-electron chi connectivity index (χ3n) is 4.37. The fourth-order valence-electron chi connectivity index (χ4n) is 2.66. The zero-order chi connectivity index (χ0) is 18.9. The summed E-state index contributed by atoms with van der Waals surface area (Å²) < 4.78 is 5.58. The van der Waals surface area contributed by atoms with Crippen molar-refractivity contribution >= 4 is 5.96 Å². The number of rotatable bonds is 8. The number of nitrogens with zero attached hydrogens (tertiary/aromatic N) is 2. The van der Waals surface area contributed by atoms with Gasteiger partial charge in [0.25, 0.3) is 0 Å². The van der Waals surface area contributed by atoms with Crippen LogP contribution in [0.2, 0.25) is 0 Å². The number of aliphatic imine (C=N–C) groups is 1. The fourth-order valence-corrected chi connectivity index (χ4v) is 2.66. The quantitative estimate of drug-likeness (QED) is 0.425. The summed E-state index contributed by atoms with van der Waals surface area (Å²) in [6.07, 6.45) is 2.12. The van der Waals surface area contributed by atoms with Crippen LogP contribution in [-0.4, -0.2) is 24.0 Å². The van der Waals surface area contributed by atoms with Crippen molar-refractivity contribution < 1.29 is 4.42 Å². The number of aryl methyl sites for hydroxylation is 3. The van der Waals surface area contributed by atoms with Gasteiger partial charge in [-0.15, -0.1) is 0 Å². The van der Waals surface area contributed by atoms with E-state index in [0.717, 1.165) is 43.3 Å². The van der Waals surface area contributed by atoms with E-state index in [9.17, 15) is 0 Å². The topological polar surface area (TPSA) is 62.5 Å². The third-order valence-corrected chi connectivity index (χ3v) is 4.37. The Bertz CT molecular complexity index is 682. The summed E-state index contributed by atoms with van der Waals surface area (Å²) in [5, 5.41) is 6.64. The van der Waals surface area contributed by atoms with E-state index >= 15 is 0 Å². The molecule has 0 unspecified atom stereocenters. The maximum Gasteiger partial charge on any atom is 0.216 e. The van der Waals surface area contributed by atoms with Gasteiger partial charge in [0.1, 0.15) is 12.3 Å². The Kier molecular flexibility index (Phi) is 7.70. The molecule has 0 bridgehead atoms. The molecular formula is C21H32N4O. The van der Waals surface area contributed by atoms with Gasteiger partial charge >= 0.3 is 0 Å². The second kappa shape index (κ2) is 10.00. The molecule has 5 heteroatoms. The van der Waals surface area contributed by atoms with Crippen LogP contribution in [0, 0.1) is 13.8 Å². The molecule has 5 nitrogen and oxygen atoms in total. The predicted octanol–water partition coefficient (Wildman–Crippen LogP) is 4.10. The number of hydrogen-bond donors (Lipinski definition) is 2. The second-order valence-electron chi connectivity index (χ2n) is 6.87. The molecule has 0 saturated carbocycles. The molecule has 0 fully saturated rings. The van der Waals surface area contributed by atoms with Crippen molar-refractivity contribution in [3.63, 3.8) is 0 Å². The summed E-state index contributed by atoms with van der Waals surface area (Å²) in [5.74, 6) is 2.90. The first kappa shape index (κ1) is 20.0. The van der Waals surface area contributed by atoms with Gasteiger partial charge in [0, 0.05) is 13.1 Å². The van der Waals surface area contributed by atoms with E-state index < -0.39 is 0 Å². The largest absolute Gasteiger partial charge is 0.444 e. The van der Waals surface area contributed by atoms with Gasteiger partial charge in [-0.05, 0) is 50.7 Å². The number of benzene rings is 1. The molecule has 0 atom stereocenters. The summed E-state index contributed by atoms with van der Waals surface area (Å²) in [7, 11) is 0. The Morgan fingerprint density at radius 2 is 1.88 bits per heavy atom. The first-order valence-corrected chi connectivity index (χ1v) is 9.53. The number of aromatic nitrogens is 1. The molecule has 0 spiro atoms. The van der Waals surface area contributed by atoms with Crippen LogP contribution in [0.4, 0.5) is 0 Å². The van der Waals surface area contributed by atoms with Gasteiger partial charge in [-0.25, -0.2) is 9.98 Å². The van der Waals surface area contributed by atoms with Crippen LogP contribution in [-0.2, 0) is 13.0 Å². The molecule has 0 aliphatic heterocycles. The van der Waals surface area contributed by atoms with Crippen LogP contribution in [0.15, 0.2) is 33.7 Å². The van der Waals surface area contributed by atoms with Gasteiger partial charge in [0.2, 0.25) is 5.89 Å². The second-order valence-corrected chi connectivity index (χ2v) is 6.87. The Labute approximate surface area is 157 Å². The van der Waals surface area contributed by atoms with Crippen LogP contribution in [0.3, 0.4) is 0 Å². The predicted molar refractivity (Wildman–Crippen MR) is 108 cm³/mol. The highest BCUT2D eigenvalue weighted by atomic mass is 16.4. The van der Waals surface area contributed by atoms with Crippen LogP contribution in [0.25, 0.3) is 0 Å². The summed E-state index contributed by atoms with van der Waals surface area (Å²) in [6, 6.07) is 8.95. The molecule has 142 valence electrons. The van der Waals surface area contributed by atoms with E-state index in [1.807, 2.05) is 13.8 Å². The molecule has 1 aromatic heterocycles. The highest BCUT2D eigenvalue weighted by Gasteiger charge is 2.05. The maximum atomic E-state index is 5.58. The van der Waals surface area contributed by atoms with Gasteiger partial charge in [-0.2, -0.15) is 0 Å². The molecule has 0 radical (unpaired) electrons. The highest BCUT2D eigenvalue weighted by molar-refractivity contribution is 5.79. The Morgan fingerprint density at radius 3 is 2.46 bits per heavy atom. The van der Waals surface area contributed by atoms with Crippen molar-refractivity contribution in [1.82, 2.24) is 15.6 Å². The van der Waals surface area contributed by atoms with Crippen molar-refractivity contribution in [2.75, 3.05) is 13.1 Å². The monoisotopic (exact) mass is 356 g/mol. The first-order valence-electron chi connectivity index (χ1n) is 9.53. The Hall–Kier alpha value is -2.30. The van der Waals surface area contributed by atoms with Gasteiger partial charge in [-0.3, -0.25) is 0 Å².